The number of rotatable bonds is 2. The summed E-state index contributed by atoms with van der Waals surface area (Å²) in [4.78, 5) is 0.156. The molecule has 0 aliphatic carbocycles. The predicted octanol–water partition coefficient (Wildman–Crippen LogP) is 1.73. The van der Waals surface area contributed by atoms with Gasteiger partial charge in [-0.05, 0) is 18.1 Å². The molecular formula is C11H16Cl2N2O2S. The molecule has 1 fully saturated rings. The summed E-state index contributed by atoms with van der Waals surface area (Å²) in [5.41, 5.74) is 5.84. The molecule has 1 aliphatic heterocycles. The van der Waals surface area contributed by atoms with Gasteiger partial charge in [0.05, 0.1) is 5.02 Å². The number of nitrogens with two attached hydrogens (primary N) is 1. The average Bonchev–Trinajstić information content (AvgIpc) is 2.60. The predicted molar refractivity (Wildman–Crippen MR) is 74.6 cm³/mol. The number of hydrogen-bond acceptors (Lipinski definition) is 3. The lowest BCUT2D eigenvalue weighted by molar-refractivity contribution is 0.464. The van der Waals surface area contributed by atoms with Crippen molar-refractivity contribution in [3.05, 3.63) is 29.3 Å². The number of sulfonamides is 1. The van der Waals surface area contributed by atoms with Crippen LogP contribution in [0.25, 0.3) is 0 Å². The molecule has 0 amide bonds. The van der Waals surface area contributed by atoms with Crippen LogP contribution in [0.15, 0.2) is 29.2 Å². The van der Waals surface area contributed by atoms with E-state index in [9.17, 15) is 8.42 Å². The topological polar surface area (TPSA) is 63.4 Å². The summed E-state index contributed by atoms with van der Waals surface area (Å²) in [6, 6.07) is 6.37. The van der Waals surface area contributed by atoms with Crippen molar-refractivity contribution >= 4 is 34.0 Å². The van der Waals surface area contributed by atoms with Crippen LogP contribution in [0.4, 0.5) is 0 Å². The molecule has 102 valence electrons. The molecule has 2 rings (SSSR count). The molecule has 0 radical (unpaired) electrons. The normalized spacial score (nSPS) is 24.8. The van der Waals surface area contributed by atoms with Crippen LogP contribution in [-0.2, 0) is 10.0 Å². The van der Waals surface area contributed by atoms with Crippen LogP contribution in [-0.4, -0.2) is 31.9 Å². The van der Waals surface area contributed by atoms with E-state index >= 15 is 0 Å². The molecule has 18 heavy (non-hydrogen) atoms. The zero-order chi connectivity index (χ0) is 12.6. The van der Waals surface area contributed by atoms with Crippen LogP contribution in [0.5, 0.6) is 0 Å². The molecule has 2 unspecified atom stereocenters. The van der Waals surface area contributed by atoms with E-state index < -0.39 is 10.0 Å². The second-order valence-electron chi connectivity index (χ2n) is 4.39. The van der Waals surface area contributed by atoms with E-state index in [1.165, 1.54) is 10.4 Å². The Morgan fingerprint density at radius 1 is 1.33 bits per heavy atom. The van der Waals surface area contributed by atoms with Crippen LogP contribution in [0.2, 0.25) is 5.02 Å². The Kier molecular flexibility index (Phi) is 5.03. The second kappa shape index (κ2) is 5.75. The Morgan fingerprint density at radius 3 is 2.44 bits per heavy atom. The molecule has 1 aromatic carbocycles. The Balaban J connectivity index is 0.00000162. The van der Waals surface area contributed by atoms with Crippen LogP contribution in [0.1, 0.15) is 6.92 Å². The van der Waals surface area contributed by atoms with Crippen molar-refractivity contribution in [1.82, 2.24) is 4.31 Å². The summed E-state index contributed by atoms with van der Waals surface area (Å²) in [5.74, 6) is 0.173. The van der Waals surface area contributed by atoms with Gasteiger partial charge in [0.1, 0.15) is 4.90 Å². The van der Waals surface area contributed by atoms with Crippen molar-refractivity contribution in [2.45, 2.75) is 17.9 Å². The third-order valence-corrected chi connectivity index (χ3v) is 5.42. The number of halogens is 2. The fourth-order valence-electron chi connectivity index (χ4n) is 1.94. The lowest BCUT2D eigenvalue weighted by Gasteiger charge is -2.16. The molecule has 0 spiro atoms. The van der Waals surface area contributed by atoms with E-state index in [4.69, 9.17) is 17.3 Å². The zero-order valence-corrected chi connectivity index (χ0v) is 12.3. The molecule has 2 N–H and O–H groups in total. The summed E-state index contributed by atoms with van der Waals surface area (Å²) in [6.07, 6.45) is 0. The molecule has 0 saturated carbocycles. The van der Waals surface area contributed by atoms with Gasteiger partial charge in [0.2, 0.25) is 10.0 Å². The van der Waals surface area contributed by atoms with Crippen molar-refractivity contribution in [1.29, 1.82) is 0 Å². The minimum atomic E-state index is -3.51. The van der Waals surface area contributed by atoms with Gasteiger partial charge < -0.3 is 5.73 Å². The number of hydrogen-bond donors (Lipinski definition) is 1. The summed E-state index contributed by atoms with van der Waals surface area (Å²) in [6.45, 7) is 2.76. The number of benzene rings is 1. The quantitative estimate of drug-likeness (QED) is 0.905. The van der Waals surface area contributed by atoms with Crippen LogP contribution in [0.3, 0.4) is 0 Å². The van der Waals surface area contributed by atoms with E-state index in [0.717, 1.165) is 0 Å². The van der Waals surface area contributed by atoms with E-state index in [1.807, 2.05) is 6.92 Å². The average molecular weight is 311 g/mol. The van der Waals surface area contributed by atoms with Gasteiger partial charge in [0, 0.05) is 19.1 Å². The molecule has 2 atom stereocenters. The summed E-state index contributed by atoms with van der Waals surface area (Å²) in [7, 11) is -3.51. The summed E-state index contributed by atoms with van der Waals surface area (Å²) in [5, 5.41) is 0.251. The van der Waals surface area contributed by atoms with Gasteiger partial charge >= 0.3 is 0 Å². The van der Waals surface area contributed by atoms with Gasteiger partial charge in [-0.1, -0.05) is 30.7 Å². The van der Waals surface area contributed by atoms with Crippen LogP contribution < -0.4 is 5.73 Å². The lowest BCUT2D eigenvalue weighted by Crippen LogP contribution is -2.32. The van der Waals surface area contributed by atoms with E-state index in [1.54, 1.807) is 18.2 Å². The van der Waals surface area contributed by atoms with Gasteiger partial charge in [0.15, 0.2) is 0 Å². The first-order valence-corrected chi connectivity index (χ1v) is 7.25. The molecule has 4 nitrogen and oxygen atoms in total. The van der Waals surface area contributed by atoms with E-state index in [0.29, 0.717) is 13.1 Å². The summed E-state index contributed by atoms with van der Waals surface area (Å²) >= 11 is 5.92. The smallest absolute Gasteiger partial charge is 0.244 e. The van der Waals surface area contributed by atoms with Crippen molar-refractivity contribution in [3.63, 3.8) is 0 Å². The lowest BCUT2D eigenvalue weighted by atomic mass is 10.1. The van der Waals surface area contributed by atoms with Crippen LogP contribution in [0, 0.1) is 5.92 Å². The number of nitrogens with zero attached hydrogens (tertiary/aromatic N) is 1. The van der Waals surface area contributed by atoms with Gasteiger partial charge in [-0.2, -0.15) is 4.31 Å². The molecule has 1 aromatic rings. The SMILES string of the molecule is CC1CN(S(=O)(=O)c2ccccc2Cl)CC1N.Cl. The molecule has 1 aliphatic rings. The van der Waals surface area contributed by atoms with Gasteiger partial charge in [0.25, 0.3) is 0 Å². The van der Waals surface area contributed by atoms with E-state index in [-0.39, 0.29) is 34.3 Å². The van der Waals surface area contributed by atoms with Gasteiger partial charge in [-0.25, -0.2) is 8.42 Å². The fourth-order valence-corrected chi connectivity index (χ4v) is 4.01. The standard InChI is InChI=1S/C11H15ClN2O2S.ClH/c1-8-6-14(7-10(8)13)17(15,16)11-5-3-2-4-9(11)12;/h2-5,8,10H,6-7,13H2,1H3;1H. The van der Waals surface area contributed by atoms with E-state index in [2.05, 4.69) is 0 Å². The fraction of sp³-hybridized carbons (Fsp3) is 0.455. The van der Waals surface area contributed by atoms with Gasteiger partial charge in [-0.15, -0.1) is 12.4 Å². The maximum atomic E-state index is 12.3. The third-order valence-electron chi connectivity index (χ3n) is 3.09. The highest BCUT2D eigenvalue weighted by atomic mass is 35.5. The molecular weight excluding hydrogens is 295 g/mol. The Morgan fingerprint density at radius 2 is 1.94 bits per heavy atom. The first-order valence-electron chi connectivity index (χ1n) is 5.43. The Hall–Kier alpha value is -0.330. The first-order chi connectivity index (χ1) is 7.93. The van der Waals surface area contributed by atoms with Crippen molar-refractivity contribution < 1.29 is 8.42 Å². The largest absolute Gasteiger partial charge is 0.326 e. The highest BCUT2D eigenvalue weighted by Crippen LogP contribution is 2.27. The summed E-state index contributed by atoms with van der Waals surface area (Å²) < 4.78 is 26.1. The Bertz CT molecular complexity index is 512. The Labute approximate surface area is 119 Å². The molecule has 7 heteroatoms. The maximum absolute atomic E-state index is 12.3. The minimum Gasteiger partial charge on any atom is -0.326 e. The third kappa shape index (κ3) is 2.81. The maximum Gasteiger partial charge on any atom is 0.244 e. The van der Waals surface area contributed by atoms with Crippen molar-refractivity contribution in [2.24, 2.45) is 11.7 Å². The van der Waals surface area contributed by atoms with Crippen molar-refractivity contribution in [3.8, 4) is 0 Å². The molecule has 0 bridgehead atoms. The molecule has 1 heterocycles. The molecule has 1 saturated heterocycles. The van der Waals surface area contributed by atoms with Crippen molar-refractivity contribution in [2.75, 3.05) is 13.1 Å². The minimum absolute atomic E-state index is 0. The molecule has 0 aromatic heterocycles. The monoisotopic (exact) mass is 310 g/mol. The zero-order valence-electron chi connectivity index (χ0n) is 9.91. The first kappa shape index (κ1) is 15.7. The highest BCUT2D eigenvalue weighted by Gasteiger charge is 2.36. The highest BCUT2D eigenvalue weighted by molar-refractivity contribution is 7.89. The van der Waals surface area contributed by atoms with Crippen LogP contribution >= 0.6 is 24.0 Å². The second-order valence-corrected chi connectivity index (χ2v) is 6.71. The van der Waals surface area contributed by atoms with Gasteiger partial charge in [-0.3, -0.25) is 0 Å².